The molecule has 6 nitrogen and oxygen atoms in total. The van der Waals surface area contributed by atoms with E-state index in [4.69, 9.17) is 0 Å². The number of fused-ring (bicyclic) bond motifs is 2. The molecule has 0 spiro atoms. The molecule has 1 aliphatic heterocycles. The topological polar surface area (TPSA) is 61.6 Å². The molecule has 1 N–H and O–H groups in total. The Morgan fingerprint density at radius 2 is 1.61 bits per heavy atom. The molecule has 0 amide bonds. The number of benzene rings is 2. The quantitative estimate of drug-likeness (QED) is 0.466. The Labute approximate surface area is 185 Å². The van der Waals surface area contributed by atoms with E-state index in [-0.39, 0.29) is 11.4 Å². The van der Waals surface area contributed by atoms with Crippen LogP contribution in [0.15, 0.2) is 59.4 Å². The molecule has 1 saturated heterocycles. The molecule has 0 atom stereocenters. The second-order valence-corrected chi connectivity index (χ2v) is 8.89. The Hall–Kier alpha value is -2.90. The number of pyridine rings is 1. The van der Waals surface area contributed by atoms with Crippen molar-refractivity contribution in [1.29, 1.82) is 0 Å². The second-order valence-electron chi connectivity index (χ2n) is 8.08. The fraction of sp³-hybridized carbons (Fsp3) is 0.333. The lowest BCUT2D eigenvalue weighted by molar-refractivity contribution is 0.250. The van der Waals surface area contributed by atoms with E-state index in [1.807, 2.05) is 24.3 Å². The van der Waals surface area contributed by atoms with Crippen molar-refractivity contribution in [3.8, 4) is 5.88 Å². The summed E-state index contributed by atoms with van der Waals surface area (Å²) in [6, 6.07) is 17.5. The van der Waals surface area contributed by atoms with Gasteiger partial charge in [0.15, 0.2) is 0 Å². The summed E-state index contributed by atoms with van der Waals surface area (Å²) < 4.78 is 7.42. The fourth-order valence-electron chi connectivity index (χ4n) is 4.39. The largest absolute Gasteiger partial charge is 0.494 e. The van der Waals surface area contributed by atoms with Crippen molar-refractivity contribution in [2.24, 2.45) is 0 Å². The number of piperazine rings is 1. The van der Waals surface area contributed by atoms with Gasteiger partial charge in [-0.1, -0.05) is 30.3 Å². The van der Waals surface area contributed by atoms with Crippen LogP contribution >= 0.6 is 11.5 Å². The van der Waals surface area contributed by atoms with Gasteiger partial charge in [0.05, 0.1) is 4.70 Å². The Bertz CT molecular complexity index is 1260. The summed E-state index contributed by atoms with van der Waals surface area (Å²) in [7, 11) is 0. The Morgan fingerprint density at radius 3 is 2.45 bits per heavy atom. The zero-order chi connectivity index (χ0) is 21.2. The Kier molecular flexibility index (Phi) is 5.61. The molecule has 4 aromatic rings. The van der Waals surface area contributed by atoms with Crippen molar-refractivity contribution in [3.05, 3.63) is 65.0 Å². The minimum absolute atomic E-state index is 0.0761. The van der Waals surface area contributed by atoms with E-state index in [9.17, 15) is 9.90 Å². The van der Waals surface area contributed by atoms with Gasteiger partial charge in [0, 0.05) is 49.6 Å². The van der Waals surface area contributed by atoms with Gasteiger partial charge in [0.2, 0.25) is 5.88 Å². The molecule has 0 aliphatic carbocycles. The third-order valence-electron chi connectivity index (χ3n) is 6.14. The van der Waals surface area contributed by atoms with Gasteiger partial charge < -0.3 is 10.0 Å². The predicted molar refractivity (Wildman–Crippen MR) is 127 cm³/mol. The highest BCUT2D eigenvalue weighted by molar-refractivity contribution is 7.13. The smallest absolute Gasteiger partial charge is 0.253 e. The van der Waals surface area contributed by atoms with Crippen LogP contribution in [-0.4, -0.2) is 51.7 Å². The molecular formula is C24H26N4O2S. The number of aromatic hydroxyl groups is 1. The molecule has 2 aromatic carbocycles. The Morgan fingerprint density at radius 1 is 0.903 bits per heavy atom. The predicted octanol–water partition coefficient (Wildman–Crippen LogP) is 3.92. The van der Waals surface area contributed by atoms with Crippen LogP contribution in [0.1, 0.15) is 12.8 Å². The summed E-state index contributed by atoms with van der Waals surface area (Å²) in [6.07, 6.45) is 1.86. The molecule has 1 fully saturated rings. The van der Waals surface area contributed by atoms with Crippen LogP contribution in [0.4, 0.5) is 5.82 Å². The van der Waals surface area contributed by atoms with Crippen molar-refractivity contribution in [2.75, 3.05) is 37.6 Å². The van der Waals surface area contributed by atoms with E-state index in [1.54, 1.807) is 17.6 Å². The van der Waals surface area contributed by atoms with Crippen molar-refractivity contribution >= 4 is 38.2 Å². The Balaban J connectivity index is 1.13. The first-order chi connectivity index (χ1) is 15.2. The van der Waals surface area contributed by atoms with Gasteiger partial charge in [-0.05, 0) is 54.5 Å². The lowest BCUT2D eigenvalue weighted by Gasteiger charge is -2.35. The van der Waals surface area contributed by atoms with Crippen LogP contribution < -0.4 is 10.5 Å². The van der Waals surface area contributed by atoms with Crippen LogP contribution in [-0.2, 0) is 6.54 Å². The molecule has 31 heavy (non-hydrogen) atoms. The maximum atomic E-state index is 12.4. The second kappa shape index (κ2) is 8.69. The molecule has 1 aliphatic rings. The number of nitrogens with zero attached hydrogens (tertiary/aromatic N) is 4. The third kappa shape index (κ3) is 4.03. The van der Waals surface area contributed by atoms with Gasteiger partial charge in [0.1, 0.15) is 5.82 Å². The number of anilines is 1. The number of hydrogen-bond donors (Lipinski definition) is 1. The van der Waals surface area contributed by atoms with Crippen molar-refractivity contribution in [2.45, 2.75) is 19.4 Å². The number of aromatic nitrogens is 2. The highest BCUT2D eigenvalue weighted by atomic mass is 32.1. The van der Waals surface area contributed by atoms with Crippen LogP contribution in [0.3, 0.4) is 0 Å². The molecule has 0 saturated carbocycles. The van der Waals surface area contributed by atoms with Gasteiger partial charge in [0.25, 0.3) is 5.56 Å². The van der Waals surface area contributed by atoms with E-state index in [0.717, 1.165) is 62.2 Å². The van der Waals surface area contributed by atoms with Crippen LogP contribution in [0, 0.1) is 0 Å². The molecule has 3 heterocycles. The van der Waals surface area contributed by atoms with Gasteiger partial charge in [-0.3, -0.25) is 14.3 Å². The molecule has 0 unspecified atom stereocenters. The standard InChI is InChI=1S/C24H26N4O2S/c29-22-17-18-7-1-2-8-19(18)24(30)28(22)12-6-5-11-26-13-15-27(16-14-26)23-20-9-3-4-10-21(20)31-25-23/h1-4,7-10,17,30H,5-6,11-16H2. The van der Waals surface area contributed by atoms with Crippen molar-refractivity contribution < 1.29 is 5.11 Å². The molecule has 5 rings (SSSR count). The zero-order valence-electron chi connectivity index (χ0n) is 17.4. The average molecular weight is 435 g/mol. The summed E-state index contributed by atoms with van der Waals surface area (Å²) in [5.74, 6) is 1.19. The van der Waals surface area contributed by atoms with Crippen LogP contribution in [0.5, 0.6) is 5.88 Å². The van der Waals surface area contributed by atoms with Gasteiger partial charge >= 0.3 is 0 Å². The SMILES string of the molecule is O=c1cc2ccccc2c(O)n1CCCCN1CCN(c2nsc3ccccc23)CC1. The van der Waals surface area contributed by atoms with Crippen LogP contribution in [0.2, 0.25) is 0 Å². The first-order valence-corrected chi connectivity index (χ1v) is 11.6. The first-order valence-electron chi connectivity index (χ1n) is 10.8. The molecular weight excluding hydrogens is 408 g/mol. The molecule has 2 aromatic heterocycles. The molecule has 7 heteroatoms. The van der Waals surface area contributed by atoms with Crippen LogP contribution in [0.25, 0.3) is 20.9 Å². The monoisotopic (exact) mass is 434 g/mol. The summed E-state index contributed by atoms with van der Waals surface area (Å²) in [5.41, 5.74) is -0.139. The highest BCUT2D eigenvalue weighted by Crippen LogP contribution is 2.30. The summed E-state index contributed by atoms with van der Waals surface area (Å²) in [4.78, 5) is 17.2. The van der Waals surface area contributed by atoms with Gasteiger partial charge in [-0.15, -0.1) is 0 Å². The molecule has 0 radical (unpaired) electrons. The van der Waals surface area contributed by atoms with Crippen molar-refractivity contribution in [1.82, 2.24) is 13.8 Å². The van der Waals surface area contributed by atoms with E-state index >= 15 is 0 Å². The lowest BCUT2D eigenvalue weighted by atomic mass is 10.1. The summed E-state index contributed by atoms with van der Waals surface area (Å²) >= 11 is 1.57. The fourth-order valence-corrected chi connectivity index (χ4v) is 5.19. The first kappa shape index (κ1) is 20.0. The van der Waals surface area contributed by atoms with E-state index in [2.05, 4.69) is 38.4 Å². The molecule has 0 bridgehead atoms. The third-order valence-corrected chi connectivity index (χ3v) is 6.96. The van der Waals surface area contributed by atoms with Crippen molar-refractivity contribution in [3.63, 3.8) is 0 Å². The average Bonchev–Trinajstić information content (AvgIpc) is 3.23. The number of unbranched alkanes of at least 4 members (excludes halogenated alkanes) is 1. The van der Waals surface area contributed by atoms with E-state index in [1.165, 1.54) is 14.7 Å². The lowest BCUT2D eigenvalue weighted by Crippen LogP contribution is -2.46. The number of hydrogen-bond acceptors (Lipinski definition) is 6. The zero-order valence-corrected chi connectivity index (χ0v) is 18.2. The van der Waals surface area contributed by atoms with Gasteiger partial charge in [-0.2, -0.15) is 4.37 Å². The normalized spacial score (nSPS) is 15.2. The van der Waals surface area contributed by atoms with Gasteiger partial charge in [-0.25, -0.2) is 0 Å². The maximum absolute atomic E-state index is 12.4. The number of rotatable bonds is 6. The summed E-state index contributed by atoms with van der Waals surface area (Å²) in [6.45, 7) is 5.56. The minimum atomic E-state index is -0.139. The van der Waals surface area contributed by atoms with E-state index < -0.39 is 0 Å². The van der Waals surface area contributed by atoms with E-state index in [0.29, 0.717) is 6.54 Å². The summed E-state index contributed by atoms with van der Waals surface area (Å²) in [5, 5.41) is 13.3. The molecule has 160 valence electrons. The highest BCUT2D eigenvalue weighted by Gasteiger charge is 2.20. The minimum Gasteiger partial charge on any atom is -0.494 e. The maximum Gasteiger partial charge on any atom is 0.253 e.